The van der Waals surface area contributed by atoms with Crippen molar-refractivity contribution in [2.75, 3.05) is 5.75 Å². The number of allylic oxidation sites excluding steroid dienone is 4. The maximum atomic E-state index is 4.16. The predicted molar refractivity (Wildman–Crippen MR) is 75.2 cm³/mol. The molecule has 90 valence electrons. The van der Waals surface area contributed by atoms with Crippen LogP contribution in [0.5, 0.6) is 0 Å². The van der Waals surface area contributed by atoms with Gasteiger partial charge in [0.15, 0.2) is 0 Å². The maximum Gasteiger partial charge on any atom is 0.0179 e. The SMILES string of the molecule is C=CC1CC=CCC1C(=C)NSCCCC. The number of hydrogen-bond acceptors (Lipinski definition) is 2. The van der Waals surface area contributed by atoms with Crippen LogP contribution in [0, 0.1) is 11.8 Å². The van der Waals surface area contributed by atoms with E-state index in [0.717, 1.165) is 24.3 Å². The van der Waals surface area contributed by atoms with Crippen molar-refractivity contribution in [2.24, 2.45) is 11.8 Å². The van der Waals surface area contributed by atoms with Gasteiger partial charge in [0, 0.05) is 17.4 Å². The zero-order valence-electron chi connectivity index (χ0n) is 10.2. The van der Waals surface area contributed by atoms with Gasteiger partial charge in [-0.15, -0.1) is 6.58 Å². The highest BCUT2D eigenvalue weighted by molar-refractivity contribution is 7.97. The standard InChI is InChI=1S/C14H23NS/c1-4-6-11-16-15-12(3)14-10-8-7-9-13(14)5-2/h5,7-8,13-15H,2-4,6,9-11H2,1H3. The first kappa shape index (κ1) is 13.4. The fraction of sp³-hybridized carbons (Fsp3) is 0.571. The van der Waals surface area contributed by atoms with Crippen molar-refractivity contribution in [2.45, 2.75) is 32.6 Å². The molecule has 0 spiro atoms. The van der Waals surface area contributed by atoms with Crippen LogP contribution in [0.2, 0.25) is 0 Å². The quantitative estimate of drug-likeness (QED) is 0.402. The van der Waals surface area contributed by atoms with Crippen LogP contribution in [-0.4, -0.2) is 5.75 Å². The minimum atomic E-state index is 0.525. The summed E-state index contributed by atoms with van der Waals surface area (Å²) >= 11 is 1.78. The van der Waals surface area contributed by atoms with Gasteiger partial charge in [0.05, 0.1) is 0 Å². The van der Waals surface area contributed by atoms with E-state index in [1.165, 1.54) is 12.8 Å². The Balaban J connectivity index is 2.34. The van der Waals surface area contributed by atoms with Crippen molar-refractivity contribution in [3.05, 3.63) is 37.1 Å². The Morgan fingerprint density at radius 1 is 1.50 bits per heavy atom. The highest BCUT2D eigenvalue weighted by Gasteiger charge is 2.22. The molecule has 1 rings (SSSR count). The third kappa shape index (κ3) is 4.09. The molecule has 0 radical (unpaired) electrons. The van der Waals surface area contributed by atoms with Gasteiger partial charge >= 0.3 is 0 Å². The van der Waals surface area contributed by atoms with Gasteiger partial charge in [-0.05, 0) is 25.2 Å². The van der Waals surface area contributed by atoms with Crippen LogP contribution in [0.4, 0.5) is 0 Å². The molecule has 0 aromatic heterocycles. The van der Waals surface area contributed by atoms with Gasteiger partial charge in [-0.2, -0.15) is 0 Å². The summed E-state index contributed by atoms with van der Waals surface area (Å²) in [6, 6.07) is 0. The van der Waals surface area contributed by atoms with Gasteiger partial charge in [0.25, 0.3) is 0 Å². The van der Waals surface area contributed by atoms with Gasteiger partial charge in [-0.1, -0.05) is 50.1 Å². The first-order valence-electron chi connectivity index (χ1n) is 6.13. The average Bonchev–Trinajstić information content (AvgIpc) is 2.34. The van der Waals surface area contributed by atoms with E-state index in [1.807, 2.05) is 0 Å². The highest BCUT2D eigenvalue weighted by atomic mass is 32.2. The second-order valence-electron chi connectivity index (χ2n) is 4.28. The summed E-state index contributed by atoms with van der Waals surface area (Å²) in [5.74, 6) is 2.24. The minimum absolute atomic E-state index is 0.525. The first-order valence-corrected chi connectivity index (χ1v) is 7.12. The second kappa shape index (κ2) is 7.61. The number of unbranched alkanes of at least 4 members (excludes halogenated alkanes) is 1. The average molecular weight is 237 g/mol. The van der Waals surface area contributed by atoms with Crippen molar-refractivity contribution in [1.82, 2.24) is 4.72 Å². The molecule has 16 heavy (non-hydrogen) atoms. The molecule has 0 saturated heterocycles. The lowest BCUT2D eigenvalue weighted by Gasteiger charge is -2.28. The molecule has 1 N–H and O–H groups in total. The van der Waals surface area contributed by atoms with Crippen LogP contribution < -0.4 is 4.72 Å². The molecule has 1 aliphatic rings. The molecule has 0 aromatic carbocycles. The van der Waals surface area contributed by atoms with Crippen molar-refractivity contribution < 1.29 is 0 Å². The normalized spacial score (nSPS) is 24.1. The summed E-state index contributed by atoms with van der Waals surface area (Å²) in [4.78, 5) is 0. The molecule has 1 nitrogen and oxygen atoms in total. The largest absolute Gasteiger partial charge is 0.334 e. The number of rotatable bonds is 7. The molecule has 2 heteroatoms. The van der Waals surface area contributed by atoms with E-state index in [-0.39, 0.29) is 0 Å². The molecule has 0 aliphatic heterocycles. The van der Waals surface area contributed by atoms with E-state index in [2.05, 4.69) is 43.0 Å². The molecular weight excluding hydrogens is 214 g/mol. The smallest absolute Gasteiger partial charge is 0.0179 e. The summed E-state index contributed by atoms with van der Waals surface area (Å²) in [7, 11) is 0. The number of nitrogens with one attached hydrogen (secondary N) is 1. The molecule has 0 bridgehead atoms. The molecule has 2 unspecified atom stereocenters. The first-order chi connectivity index (χ1) is 7.79. The molecular formula is C14H23NS. The Bertz CT molecular complexity index is 257. The van der Waals surface area contributed by atoms with E-state index in [1.54, 1.807) is 11.9 Å². The summed E-state index contributed by atoms with van der Waals surface area (Å²) in [6.07, 6.45) is 11.3. The van der Waals surface area contributed by atoms with E-state index < -0.39 is 0 Å². The lowest BCUT2D eigenvalue weighted by Crippen LogP contribution is -2.22. The fourth-order valence-electron chi connectivity index (χ4n) is 1.93. The fourth-order valence-corrected chi connectivity index (χ4v) is 2.80. The molecule has 0 aromatic rings. The Labute approximate surface area is 104 Å². The van der Waals surface area contributed by atoms with Crippen LogP contribution in [0.15, 0.2) is 37.1 Å². The molecule has 1 aliphatic carbocycles. The van der Waals surface area contributed by atoms with Crippen LogP contribution in [-0.2, 0) is 0 Å². The summed E-state index contributed by atoms with van der Waals surface area (Å²) < 4.78 is 3.39. The molecule has 0 fully saturated rings. The van der Waals surface area contributed by atoms with Crippen LogP contribution in [0.25, 0.3) is 0 Å². The molecule has 2 atom stereocenters. The third-order valence-corrected chi connectivity index (χ3v) is 3.93. The molecule has 0 amide bonds. The van der Waals surface area contributed by atoms with Gasteiger partial charge in [-0.25, -0.2) is 0 Å². The van der Waals surface area contributed by atoms with Gasteiger partial charge in [0.1, 0.15) is 0 Å². The van der Waals surface area contributed by atoms with Crippen LogP contribution in [0.3, 0.4) is 0 Å². The topological polar surface area (TPSA) is 12.0 Å². The van der Waals surface area contributed by atoms with E-state index in [4.69, 9.17) is 0 Å². The zero-order chi connectivity index (χ0) is 11.8. The Hall–Kier alpha value is -0.630. The molecule has 0 saturated carbocycles. The lowest BCUT2D eigenvalue weighted by atomic mass is 9.81. The number of hydrogen-bond donors (Lipinski definition) is 1. The summed E-state index contributed by atoms with van der Waals surface area (Å²) in [6.45, 7) is 10.3. The summed E-state index contributed by atoms with van der Waals surface area (Å²) in [5.41, 5.74) is 1.16. The van der Waals surface area contributed by atoms with Gasteiger partial charge in [0.2, 0.25) is 0 Å². The van der Waals surface area contributed by atoms with E-state index in [0.29, 0.717) is 11.8 Å². The zero-order valence-corrected chi connectivity index (χ0v) is 11.1. The van der Waals surface area contributed by atoms with E-state index in [9.17, 15) is 0 Å². The Morgan fingerprint density at radius 3 is 2.94 bits per heavy atom. The van der Waals surface area contributed by atoms with Crippen molar-refractivity contribution in [3.63, 3.8) is 0 Å². The Kier molecular flexibility index (Phi) is 6.39. The van der Waals surface area contributed by atoms with Crippen molar-refractivity contribution >= 4 is 11.9 Å². The third-order valence-electron chi connectivity index (χ3n) is 3.04. The lowest BCUT2D eigenvalue weighted by molar-refractivity contribution is 0.436. The van der Waals surface area contributed by atoms with Gasteiger partial charge in [-0.3, -0.25) is 0 Å². The Morgan fingerprint density at radius 2 is 2.25 bits per heavy atom. The van der Waals surface area contributed by atoms with Crippen LogP contribution in [0.1, 0.15) is 32.6 Å². The van der Waals surface area contributed by atoms with Crippen LogP contribution >= 0.6 is 11.9 Å². The highest BCUT2D eigenvalue weighted by Crippen LogP contribution is 2.31. The predicted octanol–water partition coefficient (Wildman–Crippen LogP) is 4.31. The van der Waals surface area contributed by atoms with Crippen molar-refractivity contribution in [3.8, 4) is 0 Å². The summed E-state index contributed by atoms with van der Waals surface area (Å²) in [5, 5.41) is 0. The minimum Gasteiger partial charge on any atom is -0.334 e. The van der Waals surface area contributed by atoms with E-state index >= 15 is 0 Å². The maximum absolute atomic E-state index is 4.16. The van der Waals surface area contributed by atoms with Gasteiger partial charge < -0.3 is 4.72 Å². The monoisotopic (exact) mass is 237 g/mol. The molecule has 0 heterocycles. The van der Waals surface area contributed by atoms with Crippen molar-refractivity contribution in [1.29, 1.82) is 0 Å². The second-order valence-corrected chi connectivity index (χ2v) is 5.18.